The predicted molar refractivity (Wildman–Crippen MR) is 99.2 cm³/mol. The highest BCUT2D eigenvalue weighted by atomic mass is 16.1. The number of hydrogen-bond acceptors (Lipinski definition) is 4. The molecule has 0 aromatic carbocycles. The number of ketones is 1. The quantitative estimate of drug-likeness (QED) is 0.745. The zero-order valence-electron chi connectivity index (χ0n) is 16.2. The Bertz CT molecular complexity index is 415. The Morgan fingerprint density at radius 2 is 1.46 bits per heavy atom. The minimum atomic E-state index is 0.171. The largest absolute Gasteiger partial charge is 0.301 e. The van der Waals surface area contributed by atoms with Crippen molar-refractivity contribution in [2.24, 2.45) is 11.8 Å². The molecule has 138 valence electrons. The van der Waals surface area contributed by atoms with Gasteiger partial charge in [-0.2, -0.15) is 0 Å². The van der Waals surface area contributed by atoms with E-state index in [0.29, 0.717) is 18.4 Å². The molecule has 0 aromatic rings. The summed E-state index contributed by atoms with van der Waals surface area (Å²) in [7, 11) is 0. The van der Waals surface area contributed by atoms with E-state index < -0.39 is 0 Å². The van der Waals surface area contributed by atoms with Crippen molar-refractivity contribution < 1.29 is 4.79 Å². The monoisotopic (exact) mass is 335 g/mol. The SMILES string of the molecule is CC(C)C(=O)CN1CCN(CC2CC3CCC(C2)N3C(C)C)CC1. The van der Waals surface area contributed by atoms with Crippen LogP contribution in [-0.4, -0.2) is 77.9 Å². The molecule has 0 spiro atoms. The maximum atomic E-state index is 11.9. The molecule has 2 atom stereocenters. The second kappa shape index (κ2) is 7.84. The van der Waals surface area contributed by atoms with Gasteiger partial charge in [-0.25, -0.2) is 0 Å². The van der Waals surface area contributed by atoms with E-state index in [9.17, 15) is 4.79 Å². The summed E-state index contributed by atoms with van der Waals surface area (Å²) in [5.41, 5.74) is 0. The van der Waals surface area contributed by atoms with Crippen molar-refractivity contribution >= 4 is 5.78 Å². The Kier molecular flexibility index (Phi) is 5.99. The first-order chi connectivity index (χ1) is 11.4. The zero-order chi connectivity index (χ0) is 17.3. The summed E-state index contributed by atoms with van der Waals surface area (Å²) in [5, 5.41) is 0. The summed E-state index contributed by atoms with van der Waals surface area (Å²) in [6.07, 6.45) is 5.65. The highest BCUT2D eigenvalue weighted by molar-refractivity contribution is 5.82. The van der Waals surface area contributed by atoms with Crippen LogP contribution in [0.5, 0.6) is 0 Å². The first-order valence-electron chi connectivity index (χ1n) is 10.2. The van der Waals surface area contributed by atoms with E-state index in [1.807, 2.05) is 13.8 Å². The van der Waals surface area contributed by atoms with Gasteiger partial charge < -0.3 is 4.90 Å². The van der Waals surface area contributed by atoms with Crippen molar-refractivity contribution in [2.75, 3.05) is 39.3 Å². The lowest BCUT2D eigenvalue weighted by molar-refractivity contribution is -0.123. The predicted octanol–water partition coefficient (Wildman–Crippen LogP) is 2.48. The molecule has 4 nitrogen and oxygen atoms in total. The van der Waals surface area contributed by atoms with E-state index in [2.05, 4.69) is 28.5 Å². The molecule has 3 fully saturated rings. The highest BCUT2D eigenvalue weighted by Gasteiger charge is 2.42. The lowest BCUT2D eigenvalue weighted by Gasteiger charge is -2.43. The van der Waals surface area contributed by atoms with E-state index in [4.69, 9.17) is 0 Å². The normalized spacial score (nSPS) is 32.8. The zero-order valence-corrected chi connectivity index (χ0v) is 16.2. The maximum absolute atomic E-state index is 11.9. The van der Waals surface area contributed by atoms with Crippen LogP contribution in [0.25, 0.3) is 0 Å². The number of carbonyl (C=O) groups excluding carboxylic acids is 1. The fourth-order valence-corrected chi connectivity index (χ4v) is 5.22. The average molecular weight is 336 g/mol. The third-order valence-electron chi connectivity index (χ3n) is 6.49. The Balaban J connectivity index is 1.42. The summed E-state index contributed by atoms with van der Waals surface area (Å²) in [5.74, 6) is 1.45. The van der Waals surface area contributed by atoms with Crippen LogP contribution in [-0.2, 0) is 4.79 Å². The topological polar surface area (TPSA) is 26.8 Å². The second-order valence-corrected chi connectivity index (χ2v) is 8.96. The van der Waals surface area contributed by atoms with E-state index >= 15 is 0 Å². The first kappa shape index (κ1) is 18.3. The standard InChI is InChI=1S/C20H37N3O/c1-15(2)20(24)14-22-9-7-21(8-10-22)13-17-11-18-5-6-19(12-17)23(18)16(3)4/h15-19H,5-14H2,1-4H3. The molecule has 0 aliphatic carbocycles. The van der Waals surface area contributed by atoms with Crippen LogP contribution in [0.4, 0.5) is 0 Å². The van der Waals surface area contributed by atoms with Crippen LogP contribution in [0.1, 0.15) is 53.4 Å². The van der Waals surface area contributed by atoms with Crippen molar-refractivity contribution in [3.63, 3.8) is 0 Å². The molecule has 3 aliphatic heterocycles. The highest BCUT2D eigenvalue weighted by Crippen LogP contribution is 2.40. The fourth-order valence-electron chi connectivity index (χ4n) is 5.22. The molecule has 0 radical (unpaired) electrons. The number of rotatable bonds is 6. The van der Waals surface area contributed by atoms with Crippen molar-refractivity contribution in [1.82, 2.24) is 14.7 Å². The smallest absolute Gasteiger partial charge is 0.149 e. The Morgan fingerprint density at radius 1 is 0.917 bits per heavy atom. The Morgan fingerprint density at radius 3 is 1.96 bits per heavy atom. The molecule has 2 bridgehead atoms. The van der Waals surface area contributed by atoms with Crippen LogP contribution in [0.15, 0.2) is 0 Å². The minimum Gasteiger partial charge on any atom is -0.301 e. The third-order valence-corrected chi connectivity index (χ3v) is 6.49. The van der Waals surface area contributed by atoms with Gasteiger partial charge in [-0.1, -0.05) is 13.8 Å². The van der Waals surface area contributed by atoms with Gasteiger partial charge in [-0.05, 0) is 45.4 Å². The molecular formula is C20H37N3O. The molecular weight excluding hydrogens is 298 g/mol. The average Bonchev–Trinajstić information content (AvgIpc) is 2.81. The van der Waals surface area contributed by atoms with E-state index in [1.165, 1.54) is 32.2 Å². The number of nitrogens with zero attached hydrogens (tertiary/aromatic N) is 3. The van der Waals surface area contributed by atoms with Gasteiger partial charge in [-0.3, -0.25) is 14.6 Å². The maximum Gasteiger partial charge on any atom is 0.149 e. The summed E-state index contributed by atoms with van der Waals surface area (Å²) < 4.78 is 0. The second-order valence-electron chi connectivity index (χ2n) is 8.96. The Hall–Kier alpha value is -0.450. The van der Waals surface area contributed by atoms with Crippen molar-refractivity contribution in [2.45, 2.75) is 71.5 Å². The molecule has 0 amide bonds. The van der Waals surface area contributed by atoms with Crippen LogP contribution in [0.3, 0.4) is 0 Å². The molecule has 3 saturated heterocycles. The minimum absolute atomic E-state index is 0.171. The van der Waals surface area contributed by atoms with Gasteiger partial charge in [0.05, 0.1) is 6.54 Å². The molecule has 0 saturated carbocycles. The number of piperidine rings is 1. The van der Waals surface area contributed by atoms with Crippen molar-refractivity contribution in [1.29, 1.82) is 0 Å². The molecule has 3 heterocycles. The number of hydrogen-bond donors (Lipinski definition) is 0. The van der Waals surface area contributed by atoms with Crippen LogP contribution < -0.4 is 0 Å². The lowest BCUT2D eigenvalue weighted by Crippen LogP contribution is -2.52. The van der Waals surface area contributed by atoms with Crippen LogP contribution >= 0.6 is 0 Å². The molecule has 24 heavy (non-hydrogen) atoms. The van der Waals surface area contributed by atoms with Crippen molar-refractivity contribution in [3.05, 3.63) is 0 Å². The van der Waals surface area contributed by atoms with Gasteiger partial charge in [-0.15, -0.1) is 0 Å². The number of carbonyl (C=O) groups is 1. The van der Waals surface area contributed by atoms with Crippen molar-refractivity contribution in [3.8, 4) is 0 Å². The van der Waals surface area contributed by atoms with Gasteiger partial charge in [0, 0.05) is 56.8 Å². The summed E-state index contributed by atoms with van der Waals surface area (Å²) >= 11 is 0. The summed E-state index contributed by atoms with van der Waals surface area (Å²) in [6, 6.07) is 2.41. The number of fused-ring (bicyclic) bond motifs is 2. The fraction of sp³-hybridized carbons (Fsp3) is 0.950. The molecule has 0 N–H and O–H groups in total. The third kappa shape index (κ3) is 4.20. The van der Waals surface area contributed by atoms with Crippen LogP contribution in [0, 0.1) is 11.8 Å². The number of Topliss-reactive ketones (excluding diaryl/α,β-unsaturated/α-hetero) is 1. The Labute approximate surface area is 148 Å². The molecule has 4 heteroatoms. The van der Waals surface area contributed by atoms with E-state index in [0.717, 1.165) is 44.2 Å². The van der Waals surface area contributed by atoms with Gasteiger partial charge in [0.2, 0.25) is 0 Å². The van der Waals surface area contributed by atoms with Gasteiger partial charge in [0.1, 0.15) is 5.78 Å². The molecule has 0 aromatic heterocycles. The van der Waals surface area contributed by atoms with E-state index in [-0.39, 0.29) is 5.92 Å². The van der Waals surface area contributed by atoms with Gasteiger partial charge in [0.25, 0.3) is 0 Å². The van der Waals surface area contributed by atoms with E-state index in [1.54, 1.807) is 0 Å². The molecule has 3 rings (SSSR count). The molecule has 2 unspecified atom stereocenters. The summed E-state index contributed by atoms with van der Waals surface area (Å²) in [6.45, 7) is 15.1. The lowest BCUT2D eigenvalue weighted by atomic mass is 9.89. The van der Waals surface area contributed by atoms with Gasteiger partial charge >= 0.3 is 0 Å². The number of piperazine rings is 1. The van der Waals surface area contributed by atoms with Crippen LogP contribution in [0.2, 0.25) is 0 Å². The molecule has 3 aliphatic rings. The van der Waals surface area contributed by atoms with Gasteiger partial charge in [0.15, 0.2) is 0 Å². The first-order valence-corrected chi connectivity index (χ1v) is 10.2. The summed E-state index contributed by atoms with van der Waals surface area (Å²) in [4.78, 5) is 19.7.